The van der Waals surface area contributed by atoms with Gasteiger partial charge in [0.25, 0.3) is 0 Å². The lowest BCUT2D eigenvalue weighted by Gasteiger charge is -2.44. The molecule has 6 atom stereocenters. The highest BCUT2D eigenvalue weighted by molar-refractivity contribution is 5.79. The molecule has 1 amide bonds. The smallest absolute Gasteiger partial charge is 0.225 e. The summed E-state index contributed by atoms with van der Waals surface area (Å²) in [6.45, 7) is 1.67. The maximum Gasteiger partial charge on any atom is 0.225 e. The van der Waals surface area contributed by atoms with Crippen LogP contribution in [-0.2, 0) is 15.1 Å². The Balaban J connectivity index is 1.63. The number of unbranched alkanes of at least 4 members (excludes halogenated alkanes) is 1. The zero-order valence-electron chi connectivity index (χ0n) is 21.6. The number of carbonyl (C=O) groups is 1. The fourth-order valence-corrected chi connectivity index (χ4v) is 6.62. The van der Waals surface area contributed by atoms with Gasteiger partial charge in [-0.15, -0.1) is 0 Å². The number of rotatable bonds is 9. The molecule has 1 saturated heterocycles. The molecule has 1 heterocycles. The van der Waals surface area contributed by atoms with Crippen molar-refractivity contribution in [1.29, 1.82) is 0 Å². The number of hydrogen-bond donors (Lipinski definition) is 3. The summed E-state index contributed by atoms with van der Waals surface area (Å²) in [7, 11) is 1.67. The van der Waals surface area contributed by atoms with E-state index in [1.165, 1.54) is 6.07 Å². The van der Waals surface area contributed by atoms with Crippen LogP contribution in [0.15, 0.2) is 30.4 Å². The molecule has 3 aliphatic rings. The summed E-state index contributed by atoms with van der Waals surface area (Å²) < 4.78 is 20.6. The zero-order chi connectivity index (χ0) is 25.7. The standard InChI is InChI=1S/C29H43FN2O4/c1-36-16-6-5-14-29(35,23-12-7-13-24(30)27(23)20-9-3-2-4-10-20)22-11-8-15-32(19-22)28(34)21-17-25(31)26(33)18-21/h3,7,9,12-13,20-22,25-26,33,35H,2,4-6,8,10-11,14-19,31H2,1H3/t20?,21-,22?,25+,26-,29-/m0/s1. The predicted molar refractivity (Wildman–Crippen MR) is 138 cm³/mol. The minimum absolute atomic E-state index is 0.0168. The Morgan fingerprint density at radius 2 is 2.08 bits per heavy atom. The second kappa shape index (κ2) is 12.2. The number of amides is 1. The molecule has 0 spiro atoms. The number of halogens is 1. The van der Waals surface area contributed by atoms with Crippen LogP contribution in [0.5, 0.6) is 0 Å². The number of carbonyl (C=O) groups excluding carboxylic acids is 1. The number of piperidine rings is 1. The molecule has 6 nitrogen and oxygen atoms in total. The van der Waals surface area contributed by atoms with Gasteiger partial charge in [0.2, 0.25) is 5.91 Å². The van der Waals surface area contributed by atoms with Crippen LogP contribution in [0, 0.1) is 17.7 Å². The van der Waals surface area contributed by atoms with Crippen LogP contribution >= 0.6 is 0 Å². The maximum absolute atomic E-state index is 15.4. The lowest BCUT2D eigenvalue weighted by Crippen LogP contribution is -2.50. The van der Waals surface area contributed by atoms with Crippen LogP contribution in [0.1, 0.15) is 81.3 Å². The Hall–Kier alpha value is -1.80. The van der Waals surface area contributed by atoms with Crippen molar-refractivity contribution in [2.24, 2.45) is 17.6 Å². The molecule has 2 unspecified atom stereocenters. The van der Waals surface area contributed by atoms with Crippen molar-refractivity contribution < 1.29 is 24.1 Å². The zero-order valence-corrected chi connectivity index (χ0v) is 21.6. The average molecular weight is 503 g/mol. The minimum atomic E-state index is -1.25. The molecular weight excluding hydrogens is 459 g/mol. The van der Waals surface area contributed by atoms with E-state index in [0.717, 1.165) is 44.9 Å². The molecule has 36 heavy (non-hydrogen) atoms. The fourth-order valence-electron chi connectivity index (χ4n) is 6.62. The highest BCUT2D eigenvalue weighted by Gasteiger charge is 2.45. The van der Waals surface area contributed by atoms with Crippen LogP contribution in [0.25, 0.3) is 0 Å². The van der Waals surface area contributed by atoms with Crippen molar-refractivity contribution in [1.82, 2.24) is 4.90 Å². The molecule has 2 aliphatic carbocycles. The van der Waals surface area contributed by atoms with Gasteiger partial charge in [-0.25, -0.2) is 4.39 Å². The Kier molecular flexibility index (Phi) is 9.20. The van der Waals surface area contributed by atoms with Crippen molar-refractivity contribution in [3.05, 3.63) is 47.3 Å². The molecule has 1 aromatic rings. The topological polar surface area (TPSA) is 96.0 Å². The van der Waals surface area contributed by atoms with Crippen LogP contribution in [-0.4, -0.2) is 60.0 Å². The first-order chi connectivity index (χ1) is 17.3. The average Bonchev–Trinajstić information content (AvgIpc) is 3.24. The molecule has 0 aromatic heterocycles. The molecule has 1 saturated carbocycles. The minimum Gasteiger partial charge on any atom is -0.391 e. The fraction of sp³-hybridized carbons (Fsp3) is 0.690. The third-order valence-corrected chi connectivity index (χ3v) is 8.64. The Morgan fingerprint density at radius 1 is 1.25 bits per heavy atom. The van der Waals surface area contributed by atoms with Gasteiger partial charge in [-0.2, -0.15) is 0 Å². The molecule has 200 valence electrons. The van der Waals surface area contributed by atoms with E-state index < -0.39 is 11.7 Å². The van der Waals surface area contributed by atoms with Gasteiger partial charge >= 0.3 is 0 Å². The number of nitrogens with zero attached hydrogens (tertiary/aromatic N) is 1. The van der Waals surface area contributed by atoms with Crippen molar-refractivity contribution in [3.8, 4) is 0 Å². The van der Waals surface area contributed by atoms with Gasteiger partial charge in [-0.05, 0) is 75.8 Å². The quantitative estimate of drug-likeness (QED) is 0.351. The highest BCUT2D eigenvalue weighted by atomic mass is 19.1. The Labute approximate surface area is 214 Å². The molecule has 1 aliphatic heterocycles. The number of nitrogens with two attached hydrogens (primary N) is 1. The number of methoxy groups -OCH3 is 1. The van der Waals surface area contributed by atoms with Crippen LogP contribution in [0.3, 0.4) is 0 Å². The number of hydrogen-bond acceptors (Lipinski definition) is 5. The summed E-state index contributed by atoms with van der Waals surface area (Å²) in [5, 5.41) is 22.5. The Bertz CT molecular complexity index is 915. The van der Waals surface area contributed by atoms with Crippen LogP contribution in [0.2, 0.25) is 0 Å². The summed E-state index contributed by atoms with van der Waals surface area (Å²) in [6.07, 6.45) is 10.9. The van der Waals surface area contributed by atoms with E-state index in [1.807, 2.05) is 11.0 Å². The van der Waals surface area contributed by atoms with E-state index >= 15 is 4.39 Å². The van der Waals surface area contributed by atoms with E-state index in [0.29, 0.717) is 50.1 Å². The number of benzene rings is 1. The van der Waals surface area contributed by atoms with Gasteiger partial charge in [0.05, 0.1) is 11.7 Å². The first kappa shape index (κ1) is 27.2. The van der Waals surface area contributed by atoms with E-state index in [4.69, 9.17) is 10.5 Å². The number of allylic oxidation sites excluding steroid dienone is 2. The molecule has 2 fully saturated rings. The maximum atomic E-state index is 15.4. The van der Waals surface area contributed by atoms with Gasteiger partial charge in [0.1, 0.15) is 5.82 Å². The van der Waals surface area contributed by atoms with Crippen molar-refractivity contribution in [3.63, 3.8) is 0 Å². The van der Waals surface area contributed by atoms with Crippen LogP contribution in [0.4, 0.5) is 4.39 Å². The first-order valence-electron chi connectivity index (χ1n) is 13.7. The van der Waals surface area contributed by atoms with Gasteiger partial charge in [0, 0.05) is 56.2 Å². The third-order valence-electron chi connectivity index (χ3n) is 8.64. The normalized spacial score (nSPS) is 30.4. The first-order valence-corrected chi connectivity index (χ1v) is 13.7. The molecule has 0 radical (unpaired) electrons. The summed E-state index contributed by atoms with van der Waals surface area (Å²) >= 11 is 0. The van der Waals surface area contributed by atoms with Crippen molar-refractivity contribution in [2.75, 3.05) is 26.8 Å². The van der Waals surface area contributed by atoms with Gasteiger partial charge in [-0.3, -0.25) is 4.79 Å². The van der Waals surface area contributed by atoms with E-state index in [-0.39, 0.29) is 35.5 Å². The Morgan fingerprint density at radius 3 is 2.78 bits per heavy atom. The largest absolute Gasteiger partial charge is 0.391 e. The van der Waals surface area contributed by atoms with Crippen LogP contribution < -0.4 is 5.73 Å². The third kappa shape index (κ3) is 5.85. The second-order valence-corrected chi connectivity index (χ2v) is 11.1. The number of aliphatic hydroxyl groups is 2. The van der Waals surface area contributed by atoms with E-state index in [2.05, 4.69) is 12.2 Å². The SMILES string of the molecule is COCCCC[C@@](O)(c1cccc(F)c1C1C=CCCC1)C1CCCN(C(=O)[C@H]2C[C@@H](N)[C@@H](O)C2)C1. The lowest BCUT2D eigenvalue weighted by atomic mass is 9.70. The predicted octanol–water partition coefficient (Wildman–Crippen LogP) is 3.99. The molecule has 0 bridgehead atoms. The summed E-state index contributed by atoms with van der Waals surface area (Å²) in [6, 6.07) is 4.73. The number of ether oxygens (including phenoxy) is 1. The lowest BCUT2D eigenvalue weighted by molar-refractivity contribution is -0.141. The molecule has 1 aromatic carbocycles. The molecular formula is C29H43FN2O4. The monoisotopic (exact) mass is 502 g/mol. The van der Waals surface area contributed by atoms with Gasteiger partial charge in [-0.1, -0.05) is 24.3 Å². The molecule has 4 rings (SSSR count). The van der Waals surface area contributed by atoms with Crippen molar-refractivity contribution >= 4 is 5.91 Å². The van der Waals surface area contributed by atoms with E-state index in [1.54, 1.807) is 13.2 Å². The molecule has 7 heteroatoms. The van der Waals surface area contributed by atoms with Gasteiger partial charge < -0.3 is 25.6 Å². The highest BCUT2D eigenvalue weighted by Crippen LogP contribution is 2.45. The molecule has 4 N–H and O–H groups in total. The summed E-state index contributed by atoms with van der Waals surface area (Å²) in [5.41, 5.74) is 6.01. The number of aliphatic hydroxyl groups excluding tert-OH is 1. The van der Waals surface area contributed by atoms with Crippen molar-refractivity contribution in [2.45, 2.75) is 87.9 Å². The van der Waals surface area contributed by atoms with E-state index in [9.17, 15) is 15.0 Å². The number of likely N-dealkylation sites (tertiary alicyclic amines) is 1. The summed E-state index contributed by atoms with van der Waals surface area (Å²) in [5.74, 6) is -0.782. The second-order valence-electron chi connectivity index (χ2n) is 11.1. The summed E-state index contributed by atoms with van der Waals surface area (Å²) in [4.78, 5) is 15.2. The van der Waals surface area contributed by atoms with Gasteiger partial charge in [0.15, 0.2) is 0 Å².